The van der Waals surface area contributed by atoms with Crippen LogP contribution < -0.4 is 18.7 Å². The number of methoxy groups -OCH3 is 2. The third-order valence-corrected chi connectivity index (χ3v) is 9.34. The summed E-state index contributed by atoms with van der Waals surface area (Å²) in [5, 5.41) is 9.50. The minimum atomic E-state index is -4.21. The van der Waals surface area contributed by atoms with Gasteiger partial charge in [0.25, 0.3) is 10.0 Å². The predicted octanol–water partition coefficient (Wildman–Crippen LogP) is 3.79. The van der Waals surface area contributed by atoms with E-state index in [4.69, 9.17) is 21.1 Å². The molecule has 3 aromatic rings. The maximum absolute atomic E-state index is 14.0. The molecule has 0 aliphatic carbocycles. The van der Waals surface area contributed by atoms with Crippen molar-refractivity contribution in [1.82, 2.24) is 14.3 Å². The Kier molecular flexibility index (Phi) is 7.95. The molecule has 1 N–H and O–H groups in total. The molecule has 198 valence electrons. The zero-order chi connectivity index (χ0) is 26.7. The number of aromatic nitrogens is 2. The molecule has 2 aromatic carbocycles. The van der Waals surface area contributed by atoms with Gasteiger partial charge < -0.3 is 24.4 Å². The third-order valence-electron chi connectivity index (χ3n) is 6.24. The summed E-state index contributed by atoms with van der Waals surface area (Å²) in [6.07, 6.45) is 0.901. The summed E-state index contributed by atoms with van der Waals surface area (Å²) in [6.45, 7) is 0.610. The van der Waals surface area contributed by atoms with Gasteiger partial charge in [-0.25, -0.2) is 22.5 Å². The molecule has 1 aliphatic heterocycles. The van der Waals surface area contributed by atoms with E-state index in [1.807, 2.05) is 4.90 Å². The van der Waals surface area contributed by atoms with E-state index in [0.29, 0.717) is 42.3 Å². The second-order valence-corrected chi connectivity index (χ2v) is 11.3. The molecule has 1 atom stereocenters. The van der Waals surface area contributed by atoms with Crippen LogP contribution in [0.3, 0.4) is 0 Å². The van der Waals surface area contributed by atoms with Gasteiger partial charge in [0.05, 0.1) is 31.5 Å². The lowest BCUT2D eigenvalue weighted by atomic mass is 10.2. The molecule has 0 radical (unpaired) electrons. The van der Waals surface area contributed by atoms with E-state index in [2.05, 4.69) is 9.36 Å². The minimum absolute atomic E-state index is 0.0370. The van der Waals surface area contributed by atoms with Gasteiger partial charge >= 0.3 is 6.09 Å². The van der Waals surface area contributed by atoms with Crippen molar-refractivity contribution in [3.63, 3.8) is 0 Å². The molecule has 0 saturated carbocycles. The number of anilines is 2. The molecule has 1 amide bonds. The van der Waals surface area contributed by atoms with Crippen LogP contribution >= 0.6 is 23.1 Å². The Labute approximate surface area is 224 Å². The maximum Gasteiger partial charge on any atom is 0.407 e. The van der Waals surface area contributed by atoms with Crippen molar-refractivity contribution < 1.29 is 27.8 Å². The molecule has 1 saturated heterocycles. The first-order chi connectivity index (χ1) is 17.7. The first kappa shape index (κ1) is 26.8. The zero-order valence-corrected chi connectivity index (χ0v) is 22.8. The molecule has 11 nitrogen and oxygen atoms in total. The number of likely N-dealkylation sites (N-methyl/N-ethyl adjacent to an activating group) is 1. The van der Waals surface area contributed by atoms with Gasteiger partial charge in [0.1, 0.15) is 22.7 Å². The highest BCUT2D eigenvalue weighted by Crippen LogP contribution is 2.38. The van der Waals surface area contributed by atoms with Gasteiger partial charge in [-0.15, -0.1) is 0 Å². The maximum atomic E-state index is 14.0. The van der Waals surface area contributed by atoms with Gasteiger partial charge in [-0.3, -0.25) is 0 Å². The molecule has 0 bridgehead atoms. The Balaban J connectivity index is 1.71. The molecule has 0 unspecified atom stereocenters. The van der Waals surface area contributed by atoms with Crippen molar-refractivity contribution in [3.8, 4) is 11.5 Å². The zero-order valence-electron chi connectivity index (χ0n) is 20.4. The van der Waals surface area contributed by atoms with Gasteiger partial charge in [0.2, 0.25) is 5.13 Å². The largest absolute Gasteiger partial charge is 0.497 e. The molecule has 1 aromatic heterocycles. The van der Waals surface area contributed by atoms with Crippen LogP contribution in [-0.2, 0) is 16.6 Å². The van der Waals surface area contributed by atoms with Crippen molar-refractivity contribution in [3.05, 3.63) is 53.3 Å². The Morgan fingerprint density at radius 2 is 2.05 bits per heavy atom. The average molecular weight is 568 g/mol. The minimum Gasteiger partial charge on any atom is -0.497 e. The quantitative estimate of drug-likeness (QED) is 0.411. The summed E-state index contributed by atoms with van der Waals surface area (Å²) in [5.74, 6) is 1.02. The molecule has 4 rings (SSSR count). The highest BCUT2D eigenvalue weighted by Gasteiger charge is 2.34. The highest BCUT2D eigenvalue weighted by atomic mass is 35.5. The Bertz CT molecular complexity index is 1370. The fourth-order valence-corrected chi connectivity index (χ4v) is 6.95. The number of hydrogen-bond donors (Lipinski definition) is 1. The van der Waals surface area contributed by atoms with Crippen molar-refractivity contribution in [1.29, 1.82) is 0 Å². The van der Waals surface area contributed by atoms with Crippen LogP contribution in [0, 0.1) is 0 Å². The van der Waals surface area contributed by atoms with E-state index in [1.54, 1.807) is 37.4 Å². The molecule has 37 heavy (non-hydrogen) atoms. The van der Waals surface area contributed by atoms with E-state index in [9.17, 15) is 18.3 Å². The average Bonchev–Trinajstić information content (AvgIpc) is 3.59. The van der Waals surface area contributed by atoms with Gasteiger partial charge in [-0.1, -0.05) is 17.7 Å². The first-order valence-electron chi connectivity index (χ1n) is 11.2. The molecule has 0 spiro atoms. The van der Waals surface area contributed by atoms with Crippen LogP contribution in [0.4, 0.5) is 15.6 Å². The number of amides is 1. The number of benzene rings is 2. The smallest absolute Gasteiger partial charge is 0.407 e. The normalized spacial score (nSPS) is 15.5. The SMILES string of the molecule is COc1ccc(CN(c2ncns2)S(=O)(=O)c2cccc(N(C)[C@H]3CCN(C(=O)O)C3)c2Cl)c(OC)c1. The Morgan fingerprint density at radius 3 is 2.68 bits per heavy atom. The van der Waals surface area contributed by atoms with Crippen LogP contribution in [0.15, 0.2) is 47.6 Å². The van der Waals surface area contributed by atoms with Gasteiger partial charge in [0, 0.05) is 49.3 Å². The molecule has 1 aliphatic rings. The lowest BCUT2D eigenvalue weighted by Gasteiger charge is -2.29. The van der Waals surface area contributed by atoms with E-state index in [-0.39, 0.29) is 27.6 Å². The van der Waals surface area contributed by atoms with Crippen LogP contribution in [0.5, 0.6) is 11.5 Å². The second-order valence-electron chi connectivity index (χ2n) is 8.28. The Morgan fingerprint density at radius 1 is 1.27 bits per heavy atom. The highest BCUT2D eigenvalue weighted by molar-refractivity contribution is 7.93. The van der Waals surface area contributed by atoms with Crippen LogP contribution in [0.25, 0.3) is 0 Å². The number of halogens is 1. The van der Waals surface area contributed by atoms with Crippen LogP contribution in [0.1, 0.15) is 12.0 Å². The van der Waals surface area contributed by atoms with Gasteiger partial charge in [0.15, 0.2) is 0 Å². The second kappa shape index (κ2) is 11.0. The fraction of sp³-hybridized carbons (Fsp3) is 0.348. The van der Waals surface area contributed by atoms with Crippen molar-refractivity contribution in [2.45, 2.75) is 23.9 Å². The van der Waals surface area contributed by atoms with E-state index in [1.165, 1.54) is 31.5 Å². The topological polar surface area (TPSA) is 125 Å². The number of rotatable bonds is 9. The standard InChI is InChI=1S/C23H26ClN5O6S2/c1-27(16-9-10-28(13-16)23(30)31)18-5-4-6-20(21(18)24)37(32,33)29(22-25-14-26-36-22)12-15-7-8-17(34-2)11-19(15)35-3/h4-8,11,14,16H,9-10,12-13H2,1-3H3,(H,30,31)/t16-/m0/s1. The van der Waals surface area contributed by atoms with Crippen molar-refractivity contribution >= 4 is 50.1 Å². The van der Waals surface area contributed by atoms with E-state index >= 15 is 0 Å². The lowest BCUT2D eigenvalue weighted by molar-refractivity contribution is 0.155. The van der Waals surface area contributed by atoms with E-state index < -0.39 is 16.1 Å². The lowest BCUT2D eigenvalue weighted by Crippen LogP contribution is -2.36. The number of nitrogens with zero attached hydrogens (tertiary/aromatic N) is 5. The molecule has 1 fully saturated rings. The number of ether oxygens (including phenoxy) is 2. The summed E-state index contributed by atoms with van der Waals surface area (Å²) < 4.78 is 43.9. The fourth-order valence-electron chi connectivity index (χ4n) is 4.19. The van der Waals surface area contributed by atoms with Crippen LogP contribution in [0.2, 0.25) is 5.02 Å². The summed E-state index contributed by atoms with van der Waals surface area (Å²) >= 11 is 7.66. The molecular weight excluding hydrogens is 542 g/mol. The summed E-state index contributed by atoms with van der Waals surface area (Å²) in [6, 6.07) is 9.73. The van der Waals surface area contributed by atoms with Crippen molar-refractivity contribution in [2.75, 3.05) is 43.6 Å². The number of carbonyl (C=O) groups is 1. The molecule has 2 heterocycles. The molecule has 14 heteroatoms. The predicted molar refractivity (Wildman–Crippen MR) is 141 cm³/mol. The molecular formula is C23H26ClN5O6S2. The number of sulfonamides is 1. The number of likely N-dealkylation sites (tertiary alicyclic amines) is 1. The summed E-state index contributed by atoms with van der Waals surface area (Å²) in [4.78, 5) is 18.5. The third kappa shape index (κ3) is 5.38. The Hall–Kier alpha value is -3.29. The van der Waals surface area contributed by atoms with Crippen LogP contribution in [-0.4, -0.2) is 74.3 Å². The summed E-state index contributed by atoms with van der Waals surface area (Å²) in [7, 11) is 0.594. The van der Waals surface area contributed by atoms with Gasteiger partial charge in [-0.2, -0.15) is 4.37 Å². The summed E-state index contributed by atoms with van der Waals surface area (Å²) in [5.41, 5.74) is 1.07. The monoisotopic (exact) mass is 567 g/mol. The number of carboxylic acid groups (broad SMARTS) is 1. The number of hydrogen-bond acceptors (Lipinski definition) is 9. The first-order valence-corrected chi connectivity index (χ1v) is 13.8. The van der Waals surface area contributed by atoms with Crippen molar-refractivity contribution in [2.24, 2.45) is 0 Å². The van der Waals surface area contributed by atoms with Gasteiger partial charge in [-0.05, 0) is 30.7 Å². The van der Waals surface area contributed by atoms with E-state index in [0.717, 1.165) is 15.8 Å².